The van der Waals surface area contributed by atoms with Crippen molar-refractivity contribution in [1.82, 2.24) is 19.8 Å². The summed E-state index contributed by atoms with van der Waals surface area (Å²) in [4.78, 5) is 25.9. The normalized spacial score (nSPS) is 15.3. The van der Waals surface area contributed by atoms with Crippen LogP contribution in [0, 0.1) is 6.92 Å². The standard InChI is InChI=1S/C24H29N5O2/c1-17(5-4-8-29-11-9-28(3)10-12-29)24(30)27-23-14-21-13-19(6-7-20(21)15-26-23)22-16-25-18(2)31-22/h6-7,13-16H,1,4-5,8-12H2,2-3H3,(H,26,27,30). The molecular formula is C24H29N5O2. The molecule has 1 N–H and O–H groups in total. The number of carbonyl (C=O) groups is 1. The van der Waals surface area contributed by atoms with Crippen LogP contribution in [0.15, 0.2) is 53.2 Å². The number of rotatable bonds is 7. The molecule has 0 bridgehead atoms. The van der Waals surface area contributed by atoms with E-state index in [1.807, 2.05) is 31.2 Å². The number of aromatic nitrogens is 2. The second-order valence-corrected chi connectivity index (χ2v) is 8.18. The smallest absolute Gasteiger partial charge is 0.252 e. The molecular weight excluding hydrogens is 390 g/mol. The van der Waals surface area contributed by atoms with Crippen molar-refractivity contribution in [3.63, 3.8) is 0 Å². The fourth-order valence-electron chi connectivity index (χ4n) is 3.76. The number of nitrogens with zero attached hydrogens (tertiary/aromatic N) is 4. The number of carbonyl (C=O) groups excluding carboxylic acids is 1. The van der Waals surface area contributed by atoms with Crippen molar-refractivity contribution in [2.24, 2.45) is 0 Å². The SMILES string of the molecule is C=C(CCCN1CCN(C)CC1)C(=O)Nc1cc2cc(-c3cnc(C)o3)ccc2cn1. The highest BCUT2D eigenvalue weighted by Crippen LogP contribution is 2.26. The van der Waals surface area contributed by atoms with Gasteiger partial charge in [-0.15, -0.1) is 0 Å². The van der Waals surface area contributed by atoms with Crippen LogP contribution in [-0.4, -0.2) is 65.4 Å². The molecule has 0 unspecified atom stereocenters. The van der Waals surface area contributed by atoms with Crippen molar-refractivity contribution in [3.05, 3.63) is 54.7 Å². The minimum Gasteiger partial charge on any atom is -0.441 e. The van der Waals surface area contributed by atoms with E-state index in [9.17, 15) is 4.79 Å². The fourth-order valence-corrected chi connectivity index (χ4v) is 3.76. The summed E-state index contributed by atoms with van der Waals surface area (Å²) in [6.07, 6.45) is 5.09. The second-order valence-electron chi connectivity index (χ2n) is 8.18. The van der Waals surface area contributed by atoms with Gasteiger partial charge in [0, 0.05) is 55.8 Å². The zero-order valence-corrected chi connectivity index (χ0v) is 18.2. The van der Waals surface area contributed by atoms with Crippen molar-refractivity contribution in [3.8, 4) is 11.3 Å². The van der Waals surface area contributed by atoms with Crippen LogP contribution in [0.25, 0.3) is 22.1 Å². The van der Waals surface area contributed by atoms with E-state index in [0.717, 1.165) is 61.2 Å². The second kappa shape index (κ2) is 9.41. The molecule has 0 saturated carbocycles. The summed E-state index contributed by atoms with van der Waals surface area (Å²) >= 11 is 0. The number of pyridine rings is 1. The van der Waals surface area contributed by atoms with E-state index in [4.69, 9.17) is 4.42 Å². The van der Waals surface area contributed by atoms with Crippen LogP contribution in [0.4, 0.5) is 5.82 Å². The minimum absolute atomic E-state index is 0.174. The van der Waals surface area contributed by atoms with Gasteiger partial charge in [-0.1, -0.05) is 18.7 Å². The van der Waals surface area contributed by atoms with E-state index >= 15 is 0 Å². The third-order valence-corrected chi connectivity index (χ3v) is 5.74. The third kappa shape index (κ3) is 5.37. The summed E-state index contributed by atoms with van der Waals surface area (Å²) in [5, 5.41) is 4.85. The quantitative estimate of drug-likeness (QED) is 0.589. The average Bonchev–Trinajstić information content (AvgIpc) is 3.21. The largest absolute Gasteiger partial charge is 0.441 e. The molecule has 1 aliphatic heterocycles. The van der Waals surface area contributed by atoms with E-state index in [-0.39, 0.29) is 5.91 Å². The molecule has 1 amide bonds. The number of likely N-dealkylation sites (N-methyl/N-ethyl adjacent to an activating group) is 1. The van der Waals surface area contributed by atoms with Crippen LogP contribution in [0.5, 0.6) is 0 Å². The molecule has 7 nitrogen and oxygen atoms in total. The molecule has 1 aromatic carbocycles. The van der Waals surface area contributed by atoms with E-state index in [1.54, 1.807) is 12.4 Å². The Morgan fingerprint density at radius 1 is 1.13 bits per heavy atom. The molecule has 7 heteroatoms. The maximum Gasteiger partial charge on any atom is 0.252 e. The summed E-state index contributed by atoms with van der Waals surface area (Å²) in [6, 6.07) is 7.85. The first-order valence-corrected chi connectivity index (χ1v) is 10.7. The maximum atomic E-state index is 12.6. The van der Waals surface area contributed by atoms with Gasteiger partial charge in [-0.05, 0) is 44.0 Å². The number of anilines is 1. The van der Waals surface area contributed by atoms with Crippen molar-refractivity contribution in [1.29, 1.82) is 0 Å². The Morgan fingerprint density at radius 2 is 1.94 bits per heavy atom. The zero-order chi connectivity index (χ0) is 21.8. The summed E-state index contributed by atoms with van der Waals surface area (Å²) in [5.41, 5.74) is 1.52. The predicted molar refractivity (Wildman–Crippen MR) is 123 cm³/mol. The first-order chi connectivity index (χ1) is 15.0. The molecule has 31 heavy (non-hydrogen) atoms. The Bertz CT molecular complexity index is 1080. The van der Waals surface area contributed by atoms with Gasteiger partial charge in [0.1, 0.15) is 5.82 Å². The number of hydrogen-bond acceptors (Lipinski definition) is 6. The molecule has 3 aromatic rings. The van der Waals surface area contributed by atoms with E-state index in [0.29, 0.717) is 23.7 Å². The lowest BCUT2D eigenvalue weighted by molar-refractivity contribution is -0.113. The van der Waals surface area contributed by atoms with E-state index < -0.39 is 0 Å². The molecule has 0 radical (unpaired) electrons. The van der Waals surface area contributed by atoms with Gasteiger partial charge < -0.3 is 19.5 Å². The van der Waals surface area contributed by atoms with Crippen molar-refractivity contribution >= 4 is 22.5 Å². The Kier molecular flexibility index (Phi) is 6.44. The van der Waals surface area contributed by atoms with Crippen LogP contribution in [0.1, 0.15) is 18.7 Å². The Morgan fingerprint density at radius 3 is 2.68 bits per heavy atom. The monoisotopic (exact) mass is 419 g/mol. The van der Waals surface area contributed by atoms with Crippen LogP contribution in [0.3, 0.4) is 0 Å². The van der Waals surface area contributed by atoms with Crippen molar-refractivity contribution < 1.29 is 9.21 Å². The van der Waals surface area contributed by atoms with Gasteiger partial charge in [0.25, 0.3) is 5.91 Å². The van der Waals surface area contributed by atoms with Crippen LogP contribution < -0.4 is 5.32 Å². The molecule has 4 rings (SSSR count). The molecule has 0 aliphatic carbocycles. The van der Waals surface area contributed by atoms with Gasteiger partial charge in [0.2, 0.25) is 0 Å². The van der Waals surface area contributed by atoms with Crippen LogP contribution in [0.2, 0.25) is 0 Å². The third-order valence-electron chi connectivity index (χ3n) is 5.74. The number of hydrogen-bond donors (Lipinski definition) is 1. The Labute approximate surface area is 182 Å². The molecule has 162 valence electrons. The van der Waals surface area contributed by atoms with E-state index in [2.05, 4.69) is 38.7 Å². The number of fused-ring (bicyclic) bond motifs is 1. The molecule has 3 heterocycles. The van der Waals surface area contributed by atoms with Gasteiger partial charge in [0.15, 0.2) is 11.7 Å². The molecule has 1 saturated heterocycles. The number of aryl methyl sites for hydroxylation is 1. The lowest BCUT2D eigenvalue weighted by Crippen LogP contribution is -2.44. The van der Waals surface area contributed by atoms with Gasteiger partial charge in [-0.3, -0.25) is 4.79 Å². The number of nitrogens with one attached hydrogen (secondary N) is 1. The van der Waals surface area contributed by atoms with Gasteiger partial charge in [-0.2, -0.15) is 0 Å². The summed E-state index contributed by atoms with van der Waals surface area (Å²) < 4.78 is 5.62. The maximum absolute atomic E-state index is 12.6. The fraction of sp³-hybridized carbons (Fsp3) is 0.375. The zero-order valence-electron chi connectivity index (χ0n) is 18.2. The van der Waals surface area contributed by atoms with E-state index in [1.165, 1.54) is 0 Å². The lowest BCUT2D eigenvalue weighted by Gasteiger charge is -2.32. The van der Waals surface area contributed by atoms with Crippen molar-refractivity contribution in [2.45, 2.75) is 19.8 Å². The lowest BCUT2D eigenvalue weighted by atomic mass is 10.1. The van der Waals surface area contributed by atoms with Crippen LogP contribution in [-0.2, 0) is 4.79 Å². The first-order valence-electron chi connectivity index (χ1n) is 10.7. The van der Waals surface area contributed by atoms with Gasteiger partial charge >= 0.3 is 0 Å². The minimum atomic E-state index is -0.174. The summed E-state index contributed by atoms with van der Waals surface area (Å²) in [6.45, 7) is 11.2. The van der Waals surface area contributed by atoms with Gasteiger partial charge in [0.05, 0.1) is 6.20 Å². The van der Waals surface area contributed by atoms with Crippen molar-refractivity contribution in [2.75, 3.05) is 45.1 Å². The summed E-state index contributed by atoms with van der Waals surface area (Å²) in [7, 11) is 2.15. The number of oxazole rings is 1. The highest BCUT2D eigenvalue weighted by molar-refractivity contribution is 6.03. The molecule has 1 fully saturated rings. The van der Waals surface area contributed by atoms with Crippen LogP contribution >= 0.6 is 0 Å². The first kappa shape index (κ1) is 21.2. The number of amides is 1. The Hall–Kier alpha value is -3.03. The predicted octanol–water partition coefficient (Wildman–Crippen LogP) is 3.72. The number of piperazine rings is 1. The Balaban J connectivity index is 1.34. The number of benzene rings is 1. The highest BCUT2D eigenvalue weighted by Gasteiger charge is 2.14. The topological polar surface area (TPSA) is 74.5 Å². The molecule has 0 spiro atoms. The molecule has 1 aliphatic rings. The average molecular weight is 420 g/mol. The summed E-state index contributed by atoms with van der Waals surface area (Å²) in [5.74, 6) is 1.69. The van der Waals surface area contributed by atoms with Gasteiger partial charge in [-0.25, -0.2) is 9.97 Å². The molecule has 2 aromatic heterocycles. The highest BCUT2D eigenvalue weighted by atomic mass is 16.4. The molecule has 0 atom stereocenters.